The van der Waals surface area contributed by atoms with Crippen molar-refractivity contribution in [2.75, 3.05) is 11.9 Å². The summed E-state index contributed by atoms with van der Waals surface area (Å²) in [5.74, 6) is 1.30. The van der Waals surface area contributed by atoms with E-state index in [9.17, 15) is 4.39 Å². The van der Waals surface area contributed by atoms with Crippen LogP contribution in [0.2, 0.25) is 0 Å². The Morgan fingerprint density at radius 1 is 1.16 bits per heavy atom. The number of hydrogen-bond donors (Lipinski definition) is 1. The summed E-state index contributed by atoms with van der Waals surface area (Å²) in [6, 6.07) is 5.02. The molecule has 1 saturated heterocycles. The van der Waals surface area contributed by atoms with Crippen LogP contribution < -0.4 is 5.32 Å². The molecule has 1 aromatic carbocycles. The number of halogens is 1. The van der Waals surface area contributed by atoms with E-state index in [0.29, 0.717) is 17.4 Å². The van der Waals surface area contributed by atoms with Gasteiger partial charge in [-0.05, 0) is 57.2 Å². The number of ether oxygens (including phenoxy) is 1. The fourth-order valence-electron chi connectivity index (χ4n) is 4.49. The minimum atomic E-state index is -0.241. The van der Waals surface area contributed by atoms with Gasteiger partial charge in [-0.15, -0.1) is 0 Å². The summed E-state index contributed by atoms with van der Waals surface area (Å²) in [5, 5.41) is 3.47. The Kier molecular flexibility index (Phi) is 4.38. The molecule has 6 rings (SSSR count). The fourth-order valence-corrected chi connectivity index (χ4v) is 4.49. The molecule has 3 aromatic heterocycles. The van der Waals surface area contributed by atoms with Crippen LogP contribution in [0.1, 0.15) is 63.2 Å². The van der Waals surface area contributed by atoms with Crippen molar-refractivity contribution in [2.24, 2.45) is 0 Å². The first-order valence-electron chi connectivity index (χ1n) is 10.9. The van der Waals surface area contributed by atoms with Crippen LogP contribution in [0, 0.1) is 5.82 Å². The number of nitrogens with zero attached hydrogens (tertiary/aromatic N) is 6. The minimum Gasteiger partial charge on any atom is -0.358 e. The van der Waals surface area contributed by atoms with E-state index in [1.54, 1.807) is 24.8 Å². The van der Waals surface area contributed by atoms with Crippen molar-refractivity contribution >= 4 is 28.0 Å². The summed E-state index contributed by atoms with van der Waals surface area (Å²) in [4.78, 5) is 18.3. The lowest BCUT2D eigenvalue weighted by Crippen LogP contribution is -2.18. The second kappa shape index (κ2) is 7.26. The minimum absolute atomic E-state index is 0.0344. The summed E-state index contributed by atoms with van der Waals surface area (Å²) in [6.07, 6.45) is 8.66. The number of hydrogen-bond acceptors (Lipinski definition) is 6. The van der Waals surface area contributed by atoms with E-state index in [0.717, 1.165) is 61.2 Å². The van der Waals surface area contributed by atoms with Crippen molar-refractivity contribution in [1.29, 1.82) is 0 Å². The highest BCUT2D eigenvalue weighted by Gasteiger charge is 2.30. The van der Waals surface area contributed by atoms with Crippen molar-refractivity contribution in [3.05, 3.63) is 42.5 Å². The Labute approximate surface area is 178 Å². The third-order valence-corrected chi connectivity index (χ3v) is 6.16. The van der Waals surface area contributed by atoms with Gasteiger partial charge in [0.1, 0.15) is 24.2 Å². The summed E-state index contributed by atoms with van der Waals surface area (Å²) in [6.45, 7) is 2.81. The first-order chi connectivity index (χ1) is 15.2. The molecule has 0 bridgehead atoms. The smallest absolute Gasteiger partial charge is 0.167 e. The monoisotopic (exact) mass is 421 g/mol. The molecule has 9 heteroatoms. The van der Waals surface area contributed by atoms with E-state index in [1.165, 1.54) is 6.07 Å². The molecule has 1 aliphatic heterocycles. The third-order valence-electron chi connectivity index (χ3n) is 6.16. The second-order valence-electron chi connectivity index (χ2n) is 8.44. The van der Waals surface area contributed by atoms with Crippen molar-refractivity contribution in [2.45, 2.75) is 57.3 Å². The maximum Gasteiger partial charge on any atom is 0.167 e. The van der Waals surface area contributed by atoms with Crippen molar-refractivity contribution < 1.29 is 9.13 Å². The van der Waals surface area contributed by atoms with Crippen LogP contribution in [0.25, 0.3) is 22.2 Å². The van der Waals surface area contributed by atoms with Gasteiger partial charge >= 0.3 is 0 Å². The molecule has 4 heterocycles. The molecule has 4 aromatic rings. The fraction of sp³-hybridized carbons (Fsp3) is 0.455. The van der Waals surface area contributed by atoms with E-state index < -0.39 is 0 Å². The van der Waals surface area contributed by atoms with Gasteiger partial charge < -0.3 is 14.6 Å². The number of rotatable bonds is 5. The van der Waals surface area contributed by atoms with E-state index >= 15 is 0 Å². The molecule has 1 unspecified atom stereocenters. The zero-order valence-corrected chi connectivity index (χ0v) is 17.3. The number of aromatic nitrogens is 6. The lowest BCUT2D eigenvalue weighted by molar-refractivity contribution is -0.0298. The Morgan fingerprint density at radius 3 is 2.87 bits per heavy atom. The second-order valence-corrected chi connectivity index (χ2v) is 8.44. The lowest BCUT2D eigenvalue weighted by Gasteiger charge is -2.23. The van der Waals surface area contributed by atoms with Gasteiger partial charge in [-0.25, -0.2) is 24.3 Å². The lowest BCUT2D eigenvalue weighted by atomic mass is 10.2. The van der Waals surface area contributed by atoms with Crippen LogP contribution in [0.15, 0.2) is 30.9 Å². The number of nitrogens with one attached hydrogen (secondary N) is 1. The van der Waals surface area contributed by atoms with E-state index in [4.69, 9.17) is 9.72 Å². The molecular formula is C22H24FN7O. The normalized spacial score (nSPS) is 20.4. The third kappa shape index (κ3) is 3.23. The Morgan fingerprint density at radius 2 is 2.06 bits per heavy atom. The van der Waals surface area contributed by atoms with Gasteiger partial charge in [0, 0.05) is 12.6 Å². The molecule has 31 heavy (non-hydrogen) atoms. The molecule has 2 fully saturated rings. The number of imidazole rings is 2. The topological polar surface area (TPSA) is 82.7 Å². The number of anilines is 1. The van der Waals surface area contributed by atoms with Crippen LogP contribution in [0.5, 0.6) is 0 Å². The highest BCUT2D eigenvalue weighted by atomic mass is 19.1. The van der Waals surface area contributed by atoms with Crippen molar-refractivity contribution in [3.63, 3.8) is 0 Å². The summed E-state index contributed by atoms with van der Waals surface area (Å²) >= 11 is 0. The summed E-state index contributed by atoms with van der Waals surface area (Å²) in [7, 11) is 0. The van der Waals surface area contributed by atoms with Gasteiger partial charge in [0.15, 0.2) is 17.0 Å². The average Bonchev–Trinajstić information content (AvgIpc) is 3.41. The first kappa shape index (κ1) is 18.7. The molecule has 1 N–H and O–H groups in total. The predicted octanol–water partition coefficient (Wildman–Crippen LogP) is 4.52. The molecule has 2 atom stereocenters. The quantitative estimate of drug-likeness (QED) is 0.510. The Hall–Kier alpha value is -3.07. The van der Waals surface area contributed by atoms with Crippen molar-refractivity contribution in [3.8, 4) is 0 Å². The molecule has 0 amide bonds. The standard InChI is InChI=1S/C22H24FN7O/c1-13(21-28-16-8-5-14(23)10-17(16)30(21)15-6-7-15)27-20-19-22(25-11-24-20)29(12-26-19)18-4-2-3-9-31-18/h5,8,10-13,15,18H,2-4,6-7,9H2,1H3,(H,24,25,27)/t13-,18?/m0/s1. The van der Waals surface area contributed by atoms with Crippen LogP contribution in [-0.2, 0) is 4.74 Å². The van der Waals surface area contributed by atoms with Crippen LogP contribution in [-0.4, -0.2) is 35.7 Å². The molecule has 2 aliphatic rings. The molecule has 0 radical (unpaired) electrons. The highest BCUT2D eigenvalue weighted by Crippen LogP contribution is 2.40. The first-order valence-corrected chi connectivity index (χ1v) is 10.9. The number of fused-ring (bicyclic) bond motifs is 2. The van der Waals surface area contributed by atoms with Gasteiger partial charge in [0.25, 0.3) is 0 Å². The van der Waals surface area contributed by atoms with Gasteiger partial charge in [-0.2, -0.15) is 0 Å². The Balaban J connectivity index is 1.35. The molecule has 8 nitrogen and oxygen atoms in total. The van der Waals surface area contributed by atoms with Crippen LogP contribution in [0.4, 0.5) is 10.2 Å². The van der Waals surface area contributed by atoms with Gasteiger partial charge in [-0.3, -0.25) is 4.57 Å². The van der Waals surface area contributed by atoms with Crippen LogP contribution in [0.3, 0.4) is 0 Å². The zero-order valence-electron chi connectivity index (χ0n) is 17.3. The largest absolute Gasteiger partial charge is 0.358 e. The zero-order chi connectivity index (χ0) is 20.9. The molecule has 160 valence electrons. The van der Waals surface area contributed by atoms with Crippen molar-refractivity contribution in [1.82, 2.24) is 29.1 Å². The highest BCUT2D eigenvalue weighted by molar-refractivity contribution is 5.83. The van der Waals surface area contributed by atoms with Gasteiger partial charge in [0.05, 0.1) is 23.4 Å². The molecule has 1 saturated carbocycles. The summed E-state index contributed by atoms with van der Waals surface area (Å²) < 4.78 is 24.0. The molecule has 1 aliphatic carbocycles. The Bertz CT molecular complexity index is 1260. The SMILES string of the molecule is C[C@H](Nc1ncnc2c1ncn2C1CCCCO1)c1nc2ccc(F)cc2n1C1CC1. The van der Waals surface area contributed by atoms with Gasteiger partial charge in [-0.1, -0.05) is 0 Å². The average molecular weight is 421 g/mol. The molecule has 0 spiro atoms. The van der Waals surface area contributed by atoms with E-state index in [-0.39, 0.29) is 18.1 Å². The number of benzene rings is 1. The maximum atomic E-state index is 13.9. The van der Waals surface area contributed by atoms with E-state index in [2.05, 4.69) is 24.8 Å². The molecular weight excluding hydrogens is 397 g/mol. The van der Waals surface area contributed by atoms with E-state index in [1.807, 2.05) is 11.5 Å². The van der Waals surface area contributed by atoms with Gasteiger partial charge in [0.2, 0.25) is 0 Å². The maximum absolute atomic E-state index is 13.9. The predicted molar refractivity (Wildman–Crippen MR) is 114 cm³/mol. The van der Waals surface area contributed by atoms with Crippen LogP contribution >= 0.6 is 0 Å². The summed E-state index contributed by atoms with van der Waals surface area (Å²) in [5.41, 5.74) is 3.12.